The van der Waals surface area contributed by atoms with Gasteiger partial charge < -0.3 is 16.0 Å². The van der Waals surface area contributed by atoms with Gasteiger partial charge in [-0.3, -0.25) is 0 Å². The first kappa shape index (κ1) is 15.4. The predicted octanol–water partition coefficient (Wildman–Crippen LogP) is 1.27. The number of thioether (sulfide) groups is 1. The lowest BCUT2D eigenvalue weighted by atomic mass is 10.1. The van der Waals surface area contributed by atoms with Gasteiger partial charge in [0.2, 0.25) is 0 Å². The molecule has 96 valence electrons. The summed E-state index contributed by atoms with van der Waals surface area (Å²) in [5, 5.41) is 19.3. The normalized spacial score (nSPS) is 17.2. The first-order valence-electron chi connectivity index (χ1n) is 4.55. The molecule has 0 aliphatic rings. The Morgan fingerprint density at radius 2 is 2.00 bits per heavy atom. The van der Waals surface area contributed by atoms with Gasteiger partial charge in [0, 0.05) is 12.4 Å². The van der Waals surface area contributed by atoms with E-state index in [1.807, 2.05) is 0 Å². The van der Waals surface area contributed by atoms with Gasteiger partial charge in [-0.25, -0.2) is 0 Å². The molecule has 0 heterocycles. The molecule has 0 aliphatic heterocycles. The molecule has 4 nitrogen and oxygen atoms in total. The largest absolute Gasteiger partial charge is 0.409 e. The molecule has 16 heavy (non-hydrogen) atoms. The highest BCUT2D eigenvalue weighted by Crippen LogP contribution is 2.29. The Hall–Kier alpha value is -0.630. The zero-order chi connectivity index (χ0) is 12.8. The third-order valence-corrected chi connectivity index (χ3v) is 3.24. The van der Waals surface area contributed by atoms with Crippen molar-refractivity contribution >= 4 is 17.6 Å². The fraction of sp³-hybridized carbons (Fsp3) is 0.875. The molecule has 0 amide bonds. The Morgan fingerprint density at radius 3 is 2.38 bits per heavy atom. The van der Waals surface area contributed by atoms with Crippen LogP contribution in [0.15, 0.2) is 5.16 Å². The molecule has 0 rings (SSSR count). The van der Waals surface area contributed by atoms with Gasteiger partial charge in [-0.1, -0.05) is 12.1 Å². The standard InChI is InChI=1S/C8H15F3N2O2S/c1-5(2-14)3-16-4-6(7(12)13-15)8(9,10)11/h5-6,14-15H,2-4H2,1H3,(H2,12,13). The van der Waals surface area contributed by atoms with Gasteiger partial charge in [-0.05, 0) is 11.7 Å². The molecule has 0 aliphatic carbocycles. The van der Waals surface area contributed by atoms with Crippen LogP contribution in [0.3, 0.4) is 0 Å². The molecule has 0 fully saturated rings. The first-order chi connectivity index (χ1) is 7.32. The molecule has 0 bridgehead atoms. The first-order valence-corrected chi connectivity index (χ1v) is 5.71. The van der Waals surface area contributed by atoms with E-state index in [1.165, 1.54) is 0 Å². The van der Waals surface area contributed by atoms with E-state index < -0.39 is 17.9 Å². The minimum Gasteiger partial charge on any atom is -0.409 e. The van der Waals surface area contributed by atoms with E-state index in [0.29, 0.717) is 5.75 Å². The Morgan fingerprint density at radius 1 is 1.44 bits per heavy atom. The van der Waals surface area contributed by atoms with Crippen LogP contribution in [0, 0.1) is 11.8 Å². The average Bonchev–Trinajstić information content (AvgIpc) is 2.21. The lowest BCUT2D eigenvalue weighted by molar-refractivity contribution is -0.150. The molecule has 2 atom stereocenters. The van der Waals surface area contributed by atoms with Crippen molar-refractivity contribution in [3.05, 3.63) is 0 Å². The van der Waals surface area contributed by atoms with Gasteiger partial charge in [0.05, 0.1) is 0 Å². The van der Waals surface area contributed by atoms with Gasteiger partial charge in [0.1, 0.15) is 5.92 Å². The van der Waals surface area contributed by atoms with Crippen LogP contribution in [0.25, 0.3) is 0 Å². The monoisotopic (exact) mass is 260 g/mol. The lowest BCUT2D eigenvalue weighted by Crippen LogP contribution is -2.37. The maximum atomic E-state index is 12.4. The van der Waals surface area contributed by atoms with E-state index in [2.05, 4.69) is 5.16 Å². The second-order valence-corrected chi connectivity index (χ2v) is 4.52. The van der Waals surface area contributed by atoms with E-state index in [-0.39, 0.29) is 18.3 Å². The summed E-state index contributed by atoms with van der Waals surface area (Å²) in [7, 11) is 0. The second kappa shape index (κ2) is 6.85. The number of nitrogens with zero attached hydrogens (tertiary/aromatic N) is 1. The van der Waals surface area contributed by atoms with Crippen molar-refractivity contribution in [3.63, 3.8) is 0 Å². The summed E-state index contributed by atoms with van der Waals surface area (Å²) in [6.45, 7) is 1.65. The molecule has 0 radical (unpaired) electrons. The Balaban J connectivity index is 4.25. The van der Waals surface area contributed by atoms with Crippen molar-refractivity contribution in [1.82, 2.24) is 0 Å². The molecule has 0 saturated carbocycles. The van der Waals surface area contributed by atoms with Gasteiger partial charge in [-0.2, -0.15) is 24.9 Å². The van der Waals surface area contributed by atoms with Crippen LogP contribution in [0.2, 0.25) is 0 Å². The molecule has 4 N–H and O–H groups in total. The van der Waals surface area contributed by atoms with E-state index >= 15 is 0 Å². The second-order valence-electron chi connectivity index (χ2n) is 3.44. The summed E-state index contributed by atoms with van der Waals surface area (Å²) in [6, 6.07) is 0. The Kier molecular flexibility index (Phi) is 6.58. The van der Waals surface area contributed by atoms with Crippen LogP contribution in [-0.4, -0.2) is 40.4 Å². The van der Waals surface area contributed by atoms with Crippen LogP contribution >= 0.6 is 11.8 Å². The van der Waals surface area contributed by atoms with Crippen molar-refractivity contribution in [2.45, 2.75) is 13.1 Å². The van der Waals surface area contributed by atoms with E-state index in [4.69, 9.17) is 16.0 Å². The zero-order valence-electron chi connectivity index (χ0n) is 8.74. The van der Waals surface area contributed by atoms with Gasteiger partial charge >= 0.3 is 6.18 Å². The number of rotatable bonds is 6. The number of aliphatic hydroxyl groups excluding tert-OH is 1. The zero-order valence-corrected chi connectivity index (χ0v) is 9.55. The fourth-order valence-electron chi connectivity index (χ4n) is 0.857. The number of amidine groups is 1. The number of hydrogen-bond donors (Lipinski definition) is 3. The molecule has 0 aromatic carbocycles. The number of aliphatic hydroxyl groups is 1. The molecule has 0 saturated heterocycles. The van der Waals surface area contributed by atoms with Crippen LogP contribution in [0.5, 0.6) is 0 Å². The van der Waals surface area contributed by atoms with Gasteiger partial charge in [0.15, 0.2) is 5.84 Å². The number of hydrogen-bond acceptors (Lipinski definition) is 4. The van der Waals surface area contributed by atoms with E-state index in [1.54, 1.807) is 6.92 Å². The van der Waals surface area contributed by atoms with Gasteiger partial charge in [0.25, 0.3) is 0 Å². The highest BCUT2D eigenvalue weighted by atomic mass is 32.2. The van der Waals surface area contributed by atoms with Crippen molar-refractivity contribution in [1.29, 1.82) is 0 Å². The summed E-state index contributed by atoms with van der Waals surface area (Å²) >= 11 is 1.01. The number of alkyl halides is 3. The number of oxime groups is 1. The fourth-order valence-corrected chi connectivity index (χ4v) is 2.10. The maximum absolute atomic E-state index is 12.4. The SMILES string of the molecule is CC(CO)CSCC(C(N)=NO)C(F)(F)F. The van der Waals surface area contributed by atoms with Crippen molar-refractivity contribution < 1.29 is 23.5 Å². The summed E-state index contributed by atoms with van der Waals surface area (Å²) < 4.78 is 37.3. The van der Waals surface area contributed by atoms with Crippen molar-refractivity contribution in [2.75, 3.05) is 18.1 Å². The van der Waals surface area contributed by atoms with Crippen LogP contribution < -0.4 is 5.73 Å². The summed E-state index contributed by atoms with van der Waals surface area (Å²) in [4.78, 5) is 0. The minimum atomic E-state index is -4.52. The van der Waals surface area contributed by atoms with Crippen molar-refractivity contribution in [2.24, 2.45) is 22.7 Å². The number of nitrogens with two attached hydrogens (primary N) is 1. The highest BCUT2D eigenvalue weighted by Gasteiger charge is 2.42. The van der Waals surface area contributed by atoms with Gasteiger partial charge in [-0.15, -0.1) is 0 Å². The molecular weight excluding hydrogens is 245 g/mol. The summed E-state index contributed by atoms with van der Waals surface area (Å²) in [5.41, 5.74) is 4.97. The molecule has 0 aromatic rings. The van der Waals surface area contributed by atoms with Crippen LogP contribution in [-0.2, 0) is 0 Å². The molecule has 8 heteroatoms. The summed E-state index contributed by atoms with van der Waals surface area (Å²) in [6.07, 6.45) is -4.52. The molecule has 2 unspecified atom stereocenters. The van der Waals surface area contributed by atoms with Crippen molar-refractivity contribution in [3.8, 4) is 0 Å². The van der Waals surface area contributed by atoms with Crippen LogP contribution in [0.1, 0.15) is 6.92 Å². The maximum Gasteiger partial charge on any atom is 0.399 e. The summed E-state index contributed by atoms with van der Waals surface area (Å²) in [5.74, 6) is -2.79. The third kappa shape index (κ3) is 5.45. The molecular formula is C8H15F3N2O2S. The minimum absolute atomic E-state index is 0.0761. The smallest absolute Gasteiger partial charge is 0.399 e. The Labute approximate surface area is 95.7 Å². The topological polar surface area (TPSA) is 78.8 Å². The molecule has 0 aromatic heterocycles. The number of halogens is 3. The third-order valence-electron chi connectivity index (χ3n) is 1.87. The molecule has 0 spiro atoms. The predicted molar refractivity (Wildman–Crippen MR) is 56.5 cm³/mol. The van der Waals surface area contributed by atoms with E-state index in [9.17, 15) is 13.2 Å². The lowest BCUT2D eigenvalue weighted by Gasteiger charge is -2.19. The van der Waals surface area contributed by atoms with Crippen LogP contribution in [0.4, 0.5) is 13.2 Å². The highest BCUT2D eigenvalue weighted by molar-refractivity contribution is 7.99. The average molecular weight is 260 g/mol. The quantitative estimate of drug-likeness (QED) is 0.291. The Bertz CT molecular complexity index is 236. The van der Waals surface area contributed by atoms with E-state index in [0.717, 1.165) is 11.8 Å².